The number of hydrogen-bond donors (Lipinski definition) is 2. The monoisotopic (exact) mass is 335 g/mol. The number of anilines is 1. The molecule has 0 spiro atoms. The lowest BCUT2D eigenvalue weighted by atomic mass is 10.2. The molecule has 0 amide bonds. The maximum atomic E-state index is 5.39. The van der Waals surface area contributed by atoms with E-state index in [-0.39, 0.29) is 0 Å². The number of nitrogens with zero attached hydrogens (tertiary/aromatic N) is 3. The number of aryl methyl sites for hydroxylation is 1. The fourth-order valence-corrected chi connectivity index (χ4v) is 3.28. The number of nitrogens with one attached hydrogen (secondary N) is 2. The summed E-state index contributed by atoms with van der Waals surface area (Å²) in [5.74, 6) is 0.828. The first-order valence-electron chi connectivity index (χ1n) is 7.91. The van der Waals surface area contributed by atoms with Crippen LogP contribution in [0.3, 0.4) is 0 Å². The van der Waals surface area contributed by atoms with E-state index in [2.05, 4.69) is 56.0 Å². The van der Waals surface area contributed by atoms with Crippen LogP contribution in [-0.4, -0.2) is 19.5 Å². The number of aromatic amines is 1. The Morgan fingerprint density at radius 1 is 1.17 bits per heavy atom. The third-order valence-electron chi connectivity index (χ3n) is 4.15. The van der Waals surface area contributed by atoms with Gasteiger partial charge in [0, 0.05) is 18.5 Å². The van der Waals surface area contributed by atoms with Gasteiger partial charge in [-0.2, -0.15) is 0 Å². The van der Waals surface area contributed by atoms with E-state index in [0.29, 0.717) is 0 Å². The van der Waals surface area contributed by atoms with Crippen molar-refractivity contribution in [3.63, 3.8) is 0 Å². The molecule has 5 nitrogen and oxygen atoms in total. The van der Waals surface area contributed by atoms with Crippen molar-refractivity contribution in [1.82, 2.24) is 19.5 Å². The van der Waals surface area contributed by atoms with E-state index < -0.39 is 0 Å². The average Bonchev–Trinajstić information content (AvgIpc) is 2.93. The molecular formula is C18H17N5S. The molecule has 2 aromatic carbocycles. The van der Waals surface area contributed by atoms with Crippen molar-refractivity contribution in [2.45, 2.75) is 20.0 Å². The Bertz CT molecular complexity index is 1070. The quantitative estimate of drug-likeness (QED) is 0.547. The highest BCUT2D eigenvalue weighted by molar-refractivity contribution is 7.71. The van der Waals surface area contributed by atoms with Gasteiger partial charge in [-0.1, -0.05) is 30.3 Å². The third kappa shape index (κ3) is 2.55. The Morgan fingerprint density at radius 2 is 2.00 bits per heavy atom. The maximum absolute atomic E-state index is 5.39. The molecule has 2 aromatic heterocycles. The molecule has 2 heterocycles. The minimum atomic E-state index is 0.719. The van der Waals surface area contributed by atoms with Gasteiger partial charge in [0.1, 0.15) is 12.1 Å². The maximum Gasteiger partial charge on any atom is 0.178 e. The number of aromatic nitrogens is 4. The summed E-state index contributed by atoms with van der Waals surface area (Å²) in [5.41, 5.74) is 4.20. The summed E-state index contributed by atoms with van der Waals surface area (Å²) < 4.78 is 2.80. The molecule has 6 heteroatoms. The fraction of sp³-hybridized carbons (Fsp3) is 0.167. The van der Waals surface area contributed by atoms with Crippen LogP contribution < -0.4 is 5.32 Å². The van der Waals surface area contributed by atoms with Crippen LogP contribution in [0.1, 0.15) is 12.5 Å². The largest absolute Gasteiger partial charge is 0.365 e. The van der Waals surface area contributed by atoms with Gasteiger partial charge in [0.2, 0.25) is 0 Å². The van der Waals surface area contributed by atoms with Crippen molar-refractivity contribution in [3.8, 4) is 0 Å². The smallest absolute Gasteiger partial charge is 0.178 e. The van der Waals surface area contributed by atoms with Gasteiger partial charge in [0.15, 0.2) is 4.77 Å². The van der Waals surface area contributed by atoms with E-state index in [1.165, 1.54) is 5.56 Å². The summed E-state index contributed by atoms with van der Waals surface area (Å²) in [6.07, 6.45) is 1.60. The minimum Gasteiger partial charge on any atom is -0.365 e. The lowest BCUT2D eigenvalue weighted by Gasteiger charge is -2.09. The molecule has 24 heavy (non-hydrogen) atoms. The first-order chi connectivity index (χ1) is 11.8. The lowest BCUT2D eigenvalue weighted by Crippen LogP contribution is -2.02. The van der Waals surface area contributed by atoms with Crippen LogP contribution in [-0.2, 0) is 13.1 Å². The highest BCUT2D eigenvalue weighted by Gasteiger charge is 2.09. The van der Waals surface area contributed by atoms with Gasteiger partial charge in [0.05, 0.1) is 16.6 Å². The number of rotatable bonds is 4. The summed E-state index contributed by atoms with van der Waals surface area (Å²) in [7, 11) is 0. The molecule has 4 rings (SSSR count). The fourth-order valence-electron chi connectivity index (χ4n) is 2.94. The van der Waals surface area contributed by atoms with Crippen molar-refractivity contribution in [1.29, 1.82) is 0 Å². The highest BCUT2D eigenvalue weighted by Crippen LogP contribution is 2.25. The zero-order chi connectivity index (χ0) is 16.5. The highest BCUT2D eigenvalue weighted by atomic mass is 32.1. The summed E-state index contributed by atoms with van der Waals surface area (Å²) in [5, 5.41) is 4.39. The molecule has 0 aliphatic heterocycles. The van der Waals surface area contributed by atoms with Gasteiger partial charge < -0.3 is 14.9 Å². The average molecular weight is 335 g/mol. The van der Waals surface area contributed by atoms with Gasteiger partial charge in [-0.3, -0.25) is 0 Å². The summed E-state index contributed by atoms with van der Waals surface area (Å²) in [6.45, 7) is 3.63. The number of fused-ring (bicyclic) bond motifs is 2. The van der Waals surface area contributed by atoms with Gasteiger partial charge in [-0.05, 0) is 36.8 Å². The Hall–Kier alpha value is -2.73. The van der Waals surface area contributed by atoms with Gasteiger partial charge in [-0.25, -0.2) is 9.97 Å². The molecule has 0 fully saturated rings. The first kappa shape index (κ1) is 14.8. The second-order valence-corrected chi connectivity index (χ2v) is 6.01. The van der Waals surface area contributed by atoms with E-state index in [4.69, 9.17) is 12.2 Å². The molecule has 0 aliphatic carbocycles. The van der Waals surface area contributed by atoms with Gasteiger partial charge >= 0.3 is 0 Å². The molecule has 2 N–H and O–H groups in total. The van der Waals surface area contributed by atoms with Crippen LogP contribution in [0.4, 0.5) is 5.82 Å². The van der Waals surface area contributed by atoms with E-state index >= 15 is 0 Å². The molecule has 0 saturated heterocycles. The molecule has 0 radical (unpaired) electrons. The molecule has 0 aliphatic rings. The third-order valence-corrected chi connectivity index (χ3v) is 4.47. The Morgan fingerprint density at radius 3 is 2.79 bits per heavy atom. The molecule has 0 bridgehead atoms. The minimum absolute atomic E-state index is 0.719. The molecule has 0 atom stereocenters. The van der Waals surface area contributed by atoms with E-state index in [9.17, 15) is 0 Å². The Labute approximate surface area is 144 Å². The predicted octanol–water partition coefficient (Wildman–Crippen LogP) is 4.27. The van der Waals surface area contributed by atoms with Crippen LogP contribution in [0.5, 0.6) is 0 Å². The summed E-state index contributed by atoms with van der Waals surface area (Å²) in [4.78, 5) is 12.1. The van der Waals surface area contributed by atoms with Crippen LogP contribution in [0.15, 0.2) is 48.8 Å². The lowest BCUT2D eigenvalue weighted by molar-refractivity contribution is 0.774. The van der Waals surface area contributed by atoms with E-state index in [0.717, 1.165) is 45.6 Å². The topological polar surface area (TPSA) is 58.5 Å². The van der Waals surface area contributed by atoms with Crippen molar-refractivity contribution in [2.75, 3.05) is 5.32 Å². The predicted molar refractivity (Wildman–Crippen MR) is 99.7 cm³/mol. The van der Waals surface area contributed by atoms with Gasteiger partial charge in [0.25, 0.3) is 0 Å². The van der Waals surface area contributed by atoms with Crippen molar-refractivity contribution >= 4 is 40.0 Å². The summed E-state index contributed by atoms with van der Waals surface area (Å²) in [6, 6.07) is 14.4. The number of imidazole rings is 1. The molecule has 120 valence electrons. The Kier molecular flexibility index (Phi) is 3.74. The van der Waals surface area contributed by atoms with E-state index in [1.807, 2.05) is 18.2 Å². The van der Waals surface area contributed by atoms with Gasteiger partial charge in [-0.15, -0.1) is 0 Å². The standard InChI is InChI=1S/C18H17N5S/c1-2-23-16-9-14-13(8-15(16)22-18(23)24)17(21-11-20-14)19-10-12-6-4-3-5-7-12/h3-9,11H,2,10H2,1H3,(H,22,24)(H,19,20,21). The van der Waals surface area contributed by atoms with Crippen LogP contribution in [0.25, 0.3) is 21.9 Å². The summed E-state index contributed by atoms with van der Waals surface area (Å²) >= 11 is 5.39. The Balaban J connectivity index is 1.79. The zero-order valence-corrected chi connectivity index (χ0v) is 14.1. The second kappa shape index (κ2) is 6.05. The van der Waals surface area contributed by atoms with Crippen molar-refractivity contribution in [2.24, 2.45) is 0 Å². The van der Waals surface area contributed by atoms with Crippen molar-refractivity contribution < 1.29 is 0 Å². The normalized spacial score (nSPS) is 11.2. The van der Waals surface area contributed by atoms with Crippen molar-refractivity contribution in [3.05, 3.63) is 59.1 Å². The number of H-pyrrole nitrogens is 1. The molecule has 4 aromatic rings. The SMILES string of the molecule is CCn1c(=S)[nH]c2cc3c(NCc4ccccc4)ncnc3cc21. The number of hydrogen-bond acceptors (Lipinski definition) is 4. The first-order valence-corrected chi connectivity index (χ1v) is 8.32. The molecule has 0 saturated carbocycles. The molecule has 0 unspecified atom stereocenters. The van der Waals surface area contributed by atoms with Crippen LogP contribution in [0, 0.1) is 4.77 Å². The number of benzene rings is 2. The second-order valence-electron chi connectivity index (χ2n) is 5.62. The van der Waals surface area contributed by atoms with E-state index in [1.54, 1.807) is 6.33 Å². The van der Waals surface area contributed by atoms with Crippen LogP contribution >= 0.6 is 12.2 Å². The van der Waals surface area contributed by atoms with Crippen LogP contribution in [0.2, 0.25) is 0 Å². The zero-order valence-electron chi connectivity index (χ0n) is 13.3. The molecular weight excluding hydrogens is 318 g/mol.